The average Bonchev–Trinajstić information content (AvgIpc) is 3.17. The van der Waals surface area contributed by atoms with E-state index in [1.165, 1.54) is 4.90 Å². The quantitative estimate of drug-likeness (QED) is 0.513. The molecule has 1 aromatic carbocycles. The maximum Gasteiger partial charge on any atom is 0.249 e. The zero-order valence-electron chi connectivity index (χ0n) is 25.3. The van der Waals surface area contributed by atoms with Gasteiger partial charge < -0.3 is 24.5 Å². The molecule has 2 fully saturated rings. The van der Waals surface area contributed by atoms with Crippen LogP contribution in [0.5, 0.6) is 0 Å². The Kier molecular flexibility index (Phi) is 7.48. The van der Waals surface area contributed by atoms with Crippen LogP contribution in [0.15, 0.2) is 54.6 Å². The Labute approximate surface area is 244 Å². The van der Waals surface area contributed by atoms with Gasteiger partial charge in [0, 0.05) is 31.7 Å². The Morgan fingerprint density at radius 1 is 0.927 bits per heavy atom. The molecular weight excluding hydrogens is 518 g/mol. The predicted octanol–water partition coefficient (Wildman–Crippen LogP) is 3.55. The van der Waals surface area contributed by atoms with Crippen LogP contribution >= 0.6 is 0 Å². The van der Waals surface area contributed by atoms with Gasteiger partial charge in [-0.3, -0.25) is 14.4 Å². The summed E-state index contributed by atoms with van der Waals surface area (Å²) >= 11 is 0. The zero-order valence-corrected chi connectivity index (χ0v) is 25.3. The number of β-amino-alcohol motifs (C(OH)–C–C–N with tert-alkyl or cyclic N) is 1. The predicted molar refractivity (Wildman–Crippen MR) is 156 cm³/mol. The molecule has 1 N–H and O–H groups in total. The molecule has 0 radical (unpaired) electrons. The summed E-state index contributed by atoms with van der Waals surface area (Å²) in [5, 5.41) is 10.00. The number of rotatable bonds is 7. The van der Waals surface area contributed by atoms with Crippen molar-refractivity contribution in [2.24, 2.45) is 17.3 Å². The summed E-state index contributed by atoms with van der Waals surface area (Å²) in [4.78, 5) is 48.5. The third-order valence-corrected chi connectivity index (χ3v) is 9.27. The van der Waals surface area contributed by atoms with Gasteiger partial charge in [-0.15, -0.1) is 0 Å². The van der Waals surface area contributed by atoms with Gasteiger partial charge in [0.15, 0.2) is 0 Å². The van der Waals surface area contributed by atoms with Crippen LogP contribution in [0.4, 0.5) is 0 Å². The molecule has 3 amide bonds. The first-order valence-electron chi connectivity index (χ1n) is 14.9. The number of amides is 3. The van der Waals surface area contributed by atoms with Crippen molar-refractivity contribution in [3.63, 3.8) is 0 Å². The van der Waals surface area contributed by atoms with Gasteiger partial charge in [0.1, 0.15) is 11.6 Å². The number of hydrogen-bond acceptors (Lipinski definition) is 5. The normalized spacial score (nSPS) is 31.7. The van der Waals surface area contributed by atoms with Crippen molar-refractivity contribution >= 4 is 17.7 Å². The monoisotopic (exact) mass is 563 g/mol. The molecule has 4 aliphatic rings. The standard InChI is InChI=1S/C33H45N3O5/c1-7-32-15-11-17-34(21-23-13-9-8-10-14-23)27(38)24(32)25-28(39)35(19-20-37)26-29(40)36(18-12-16-33(25,26)41-32)31(5,6)22-30(2,3)4/h8-16,24-26,37H,7,17-22H2,1-6H3/t24-,25-,26?,32+,33-/m0/s1. The smallest absolute Gasteiger partial charge is 0.249 e. The molecule has 0 saturated carbocycles. The minimum atomic E-state index is -1.31. The van der Waals surface area contributed by atoms with E-state index in [2.05, 4.69) is 34.6 Å². The molecular formula is C33H45N3O5. The fraction of sp³-hybridized carbons (Fsp3) is 0.606. The molecule has 0 aromatic heterocycles. The molecule has 0 aliphatic carbocycles. The molecule has 4 aliphatic heterocycles. The SMILES string of the molecule is CC[C@@]12C=CCN(Cc3ccccc3)C(=O)[C@@H]1[C@H]1C(=O)N(CCO)C3C(=O)N(C(C)(C)CC(C)(C)C)CC=C[C@@]31O2. The molecule has 1 aromatic rings. The first kappa shape index (κ1) is 29.5. The van der Waals surface area contributed by atoms with E-state index in [1.54, 1.807) is 4.90 Å². The fourth-order valence-electron chi connectivity index (χ4n) is 8.04. The topological polar surface area (TPSA) is 90.4 Å². The van der Waals surface area contributed by atoms with E-state index in [0.717, 1.165) is 12.0 Å². The maximum absolute atomic E-state index is 14.6. The fourth-order valence-corrected chi connectivity index (χ4v) is 8.04. The molecule has 5 atom stereocenters. The van der Waals surface area contributed by atoms with Crippen LogP contribution in [0.3, 0.4) is 0 Å². The molecule has 1 unspecified atom stereocenters. The maximum atomic E-state index is 14.6. The minimum absolute atomic E-state index is 0.00182. The minimum Gasteiger partial charge on any atom is -0.395 e. The molecule has 8 nitrogen and oxygen atoms in total. The first-order chi connectivity index (χ1) is 19.3. The van der Waals surface area contributed by atoms with Crippen LogP contribution in [0, 0.1) is 17.3 Å². The van der Waals surface area contributed by atoms with E-state index in [-0.39, 0.29) is 36.3 Å². The lowest BCUT2D eigenvalue weighted by Crippen LogP contribution is -2.60. The molecule has 5 rings (SSSR count). The second-order valence-corrected chi connectivity index (χ2v) is 13.9. The summed E-state index contributed by atoms with van der Waals surface area (Å²) in [6.07, 6.45) is 8.99. The number of aliphatic hydroxyl groups is 1. The lowest BCUT2D eigenvalue weighted by Gasteiger charge is -2.45. The Morgan fingerprint density at radius 3 is 2.24 bits per heavy atom. The van der Waals surface area contributed by atoms with Gasteiger partial charge in [-0.25, -0.2) is 0 Å². The van der Waals surface area contributed by atoms with E-state index in [0.29, 0.717) is 26.1 Å². The van der Waals surface area contributed by atoms with Gasteiger partial charge in [0.25, 0.3) is 0 Å². The van der Waals surface area contributed by atoms with Crippen molar-refractivity contribution in [3.8, 4) is 0 Å². The molecule has 2 saturated heterocycles. The van der Waals surface area contributed by atoms with E-state index in [1.807, 2.05) is 66.5 Å². The highest BCUT2D eigenvalue weighted by Gasteiger charge is 2.75. The second kappa shape index (κ2) is 10.4. The Morgan fingerprint density at radius 2 is 1.61 bits per heavy atom. The number of ether oxygens (including phenoxy) is 1. The zero-order chi connectivity index (χ0) is 29.8. The van der Waals surface area contributed by atoms with Gasteiger partial charge in [-0.05, 0) is 37.7 Å². The summed E-state index contributed by atoms with van der Waals surface area (Å²) < 4.78 is 7.01. The number of likely N-dealkylation sites (tertiary alicyclic amines) is 1. The van der Waals surface area contributed by atoms with Crippen LogP contribution in [0.2, 0.25) is 0 Å². The summed E-state index contributed by atoms with van der Waals surface area (Å²) in [5.41, 5.74) is -1.85. The number of hydrogen-bond donors (Lipinski definition) is 1. The number of carbonyl (C=O) groups is 3. The Hall–Kier alpha value is -2.97. The van der Waals surface area contributed by atoms with Gasteiger partial charge in [-0.1, -0.05) is 82.3 Å². The van der Waals surface area contributed by atoms with Gasteiger partial charge >= 0.3 is 0 Å². The lowest BCUT2D eigenvalue weighted by atomic mass is 9.72. The van der Waals surface area contributed by atoms with E-state index in [4.69, 9.17) is 4.74 Å². The van der Waals surface area contributed by atoms with Crippen LogP contribution in [0.25, 0.3) is 0 Å². The summed E-state index contributed by atoms with van der Waals surface area (Å²) in [5.74, 6) is -2.32. The number of carbonyl (C=O) groups excluding carboxylic acids is 3. The third kappa shape index (κ3) is 4.83. The van der Waals surface area contributed by atoms with Crippen molar-refractivity contribution in [2.75, 3.05) is 26.2 Å². The van der Waals surface area contributed by atoms with Crippen LogP contribution in [0.1, 0.15) is 59.9 Å². The van der Waals surface area contributed by atoms with Gasteiger partial charge in [-0.2, -0.15) is 0 Å². The molecule has 4 heterocycles. The van der Waals surface area contributed by atoms with Crippen molar-refractivity contribution in [3.05, 3.63) is 60.2 Å². The van der Waals surface area contributed by atoms with Crippen LogP contribution in [-0.2, 0) is 25.7 Å². The molecule has 8 heteroatoms. The molecule has 41 heavy (non-hydrogen) atoms. The molecule has 1 spiro atoms. The number of nitrogens with zero attached hydrogens (tertiary/aromatic N) is 3. The highest BCUT2D eigenvalue weighted by atomic mass is 16.5. The van der Waals surface area contributed by atoms with Gasteiger partial charge in [0.05, 0.1) is 24.0 Å². The molecule has 0 bridgehead atoms. The van der Waals surface area contributed by atoms with Crippen LogP contribution < -0.4 is 0 Å². The molecule has 222 valence electrons. The van der Waals surface area contributed by atoms with E-state index in [9.17, 15) is 19.5 Å². The van der Waals surface area contributed by atoms with Gasteiger partial charge in [0.2, 0.25) is 17.7 Å². The number of fused-ring (bicyclic) bond motifs is 2. The summed E-state index contributed by atoms with van der Waals surface area (Å²) in [7, 11) is 0. The van der Waals surface area contributed by atoms with Crippen LogP contribution in [-0.4, -0.2) is 86.6 Å². The lowest BCUT2D eigenvalue weighted by molar-refractivity contribution is -0.157. The average molecular weight is 564 g/mol. The first-order valence-corrected chi connectivity index (χ1v) is 14.9. The number of aliphatic hydroxyl groups excluding tert-OH is 1. The highest BCUT2D eigenvalue weighted by Crippen LogP contribution is 2.58. The Bertz CT molecular complexity index is 1250. The summed E-state index contributed by atoms with van der Waals surface area (Å²) in [6.45, 7) is 13.5. The second-order valence-electron chi connectivity index (χ2n) is 13.9. The van der Waals surface area contributed by atoms with E-state index < -0.39 is 34.6 Å². The third-order valence-electron chi connectivity index (χ3n) is 9.27. The Balaban J connectivity index is 1.59. The summed E-state index contributed by atoms with van der Waals surface area (Å²) in [6, 6.07) is 8.85. The highest BCUT2D eigenvalue weighted by molar-refractivity contribution is 6.00. The van der Waals surface area contributed by atoms with Crippen molar-refractivity contribution in [2.45, 2.75) is 83.7 Å². The van der Waals surface area contributed by atoms with E-state index >= 15 is 0 Å². The van der Waals surface area contributed by atoms with Crippen molar-refractivity contribution in [1.29, 1.82) is 0 Å². The largest absolute Gasteiger partial charge is 0.395 e. The van der Waals surface area contributed by atoms with Crippen molar-refractivity contribution in [1.82, 2.24) is 14.7 Å². The number of benzene rings is 1. The van der Waals surface area contributed by atoms with Crippen molar-refractivity contribution < 1.29 is 24.2 Å².